The van der Waals surface area contributed by atoms with Gasteiger partial charge in [0.25, 0.3) is 0 Å². The summed E-state index contributed by atoms with van der Waals surface area (Å²) in [4.78, 5) is 18.6. The summed E-state index contributed by atoms with van der Waals surface area (Å²) in [6.07, 6.45) is 2.81. The fourth-order valence-corrected chi connectivity index (χ4v) is 5.82. The molecule has 1 atom stereocenters. The van der Waals surface area contributed by atoms with E-state index in [0.29, 0.717) is 5.75 Å². The van der Waals surface area contributed by atoms with E-state index in [0.717, 1.165) is 75.6 Å². The molecule has 0 aromatic heterocycles. The maximum Gasteiger partial charge on any atom is 0.232 e. The van der Waals surface area contributed by atoms with Gasteiger partial charge < -0.3 is 19.7 Å². The number of carbonyl (C=O) groups excluding carboxylic acids is 1. The van der Waals surface area contributed by atoms with Crippen molar-refractivity contribution >= 4 is 5.91 Å². The monoisotopic (exact) mass is 513 g/mol. The highest BCUT2D eigenvalue weighted by atomic mass is 16.5. The Bertz CT molecular complexity index is 1210. The summed E-state index contributed by atoms with van der Waals surface area (Å²) in [7, 11) is 1.65. The minimum Gasteiger partial charge on any atom is -0.493 e. The van der Waals surface area contributed by atoms with Crippen LogP contribution in [0.4, 0.5) is 0 Å². The second-order valence-corrected chi connectivity index (χ2v) is 10.5. The minimum absolute atomic E-state index is 0.194. The van der Waals surface area contributed by atoms with Crippen LogP contribution in [0, 0.1) is 0 Å². The molecule has 0 aliphatic carbocycles. The highest BCUT2D eigenvalue weighted by Crippen LogP contribution is 2.35. The number of benzene rings is 3. The molecular formula is C32H39N3O3. The first kappa shape index (κ1) is 26.3. The maximum atomic E-state index is 13.7. The molecular weight excluding hydrogens is 474 g/mol. The van der Waals surface area contributed by atoms with Crippen LogP contribution in [0.25, 0.3) is 0 Å². The Kier molecular flexibility index (Phi) is 8.30. The number of amides is 1. The number of hydrogen-bond donors (Lipinski definition) is 1. The van der Waals surface area contributed by atoms with Crippen molar-refractivity contribution in [1.29, 1.82) is 0 Å². The van der Waals surface area contributed by atoms with Gasteiger partial charge in [0.15, 0.2) is 11.5 Å². The van der Waals surface area contributed by atoms with Gasteiger partial charge in [-0.05, 0) is 67.7 Å². The lowest BCUT2D eigenvalue weighted by molar-refractivity contribution is -0.127. The lowest BCUT2D eigenvalue weighted by Crippen LogP contribution is -2.52. The summed E-state index contributed by atoms with van der Waals surface area (Å²) in [6, 6.07) is 26.5. The van der Waals surface area contributed by atoms with Crippen LogP contribution < -0.4 is 14.8 Å². The quantitative estimate of drug-likeness (QED) is 0.425. The largest absolute Gasteiger partial charge is 0.493 e. The number of ether oxygens (including phenoxy) is 2. The summed E-state index contributed by atoms with van der Waals surface area (Å²) in [6.45, 7) is 7.70. The second-order valence-electron chi connectivity index (χ2n) is 10.5. The van der Waals surface area contributed by atoms with Crippen LogP contribution in [0.15, 0.2) is 78.9 Å². The summed E-state index contributed by atoms with van der Waals surface area (Å²) in [5, 5.41) is 3.45. The SMILES string of the molecule is CCN1CCC(C(=O)NC2CCN(Cc3cccc(Oc4ccccc4OC)c3)CC2)(c2ccccc2)C1. The summed E-state index contributed by atoms with van der Waals surface area (Å²) >= 11 is 0. The number of nitrogens with one attached hydrogen (secondary N) is 1. The normalized spacial score (nSPS) is 20.8. The van der Waals surface area contributed by atoms with E-state index < -0.39 is 5.41 Å². The Labute approximate surface area is 226 Å². The van der Waals surface area contributed by atoms with Crippen molar-refractivity contribution in [2.45, 2.75) is 44.2 Å². The fraction of sp³-hybridized carbons (Fsp3) is 0.406. The van der Waals surface area contributed by atoms with E-state index in [1.807, 2.05) is 54.6 Å². The number of carbonyl (C=O) groups is 1. The second kappa shape index (κ2) is 12.0. The molecule has 6 nitrogen and oxygen atoms in total. The van der Waals surface area contributed by atoms with E-state index in [1.165, 1.54) is 5.56 Å². The smallest absolute Gasteiger partial charge is 0.232 e. The Morgan fingerprint density at radius 2 is 1.66 bits per heavy atom. The third-order valence-electron chi connectivity index (χ3n) is 8.08. The van der Waals surface area contributed by atoms with E-state index in [1.54, 1.807) is 7.11 Å². The van der Waals surface area contributed by atoms with E-state index in [9.17, 15) is 4.79 Å². The molecule has 2 fully saturated rings. The van der Waals surface area contributed by atoms with Gasteiger partial charge in [-0.1, -0.05) is 61.5 Å². The summed E-state index contributed by atoms with van der Waals surface area (Å²) in [5.74, 6) is 2.43. The van der Waals surface area contributed by atoms with Crippen LogP contribution >= 0.6 is 0 Å². The van der Waals surface area contributed by atoms with Gasteiger partial charge in [-0.15, -0.1) is 0 Å². The number of hydrogen-bond acceptors (Lipinski definition) is 5. The highest BCUT2D eigenvalue weighted by Gasteiger charge is 2.46. The zero-order chi connectivity index (χ0) is 26.4. The predicted molar refractivity (Wildman–Crippen MR) is 151 cm³/mol. The maximum absolute atomic E-state index is 13.7. The van der Waals surface area contributed by atoms with Gasteiger partial charge in [0.2, 0.25) is 5.91 Å². The third kappa shape index (κ3) is 5.87. The molecule has 2 saturated heterocycles. The average Bonchev–Trinajstić information content (AvgIpc) is 3.41. The van der Waals surface area contributed by atoms with Gasteiger partial charge in [-0.2, -0.15) is 0 Å². The van der Waals surface area contributed by atoms with E-state index in [-0.39, 0.29) is 11.9 Å². The first-order valence-corrected chi connectivity index (χ1v) is 13.8. The minimum atomic E-state index is -0.448. The molecule has 2 aliphatic rings. The molecule has 0 bridgehead atoms. The van der Waals surface area contributed by atoms with Crippen molar-refractivity contribution in [3.05, 3.63) is 90.0 Å². The number of piperidine rings is 1. The van der Waals surface area contributed by atoms with Crippen LogP contribution in [-0.4, -0.2) is 61.6 Å². The molecule has 3 aromatic rings. The Morgan fingerprint density at radius 3 is 2.37 bits per heavy atom. The zero-order valence-corrected chi connectivity index (χ0v) is 22.6. The van der Waals surface area contributed by atoms with Crippen LogP contribution in [0.2, 0.25) is 0 Å². The number of para-hydroxylation sites is 2. The van der Waals surface area contributed by atoms with Crippen molar-refractivity contribution < 1.29 is 14.3 Å². The predicted octanol–water partition coefficient (Wildman–Crippen LogP) is 5.23. The lowest BCUT2D eigenvalue weighted by atomic mass is 9.78. The lowest BCUT2D eigenvalue weighted by Gasteiger charge is -2.35. The van der Waals surface area contributed by atoms with Gasteiger partial charge in [0, 0.05) is 32.2 Å². The van der Waals surface area contributed by atoms with E-state index in [2.05, 4.69) is 46.3 Å². The third-order valence-corrected chi connectivity index (χ3v) is 8.08. The molecule has 5 rings (SSSR count). The van der Waals surface area contributed by atoms with Crippen molar-refractivity contribution in [1.82, 2.24) is 15.1 Å². The molecule has 2 heterocycles. The first-order chi connectivity index (χ1) is 18.6. The van der Waals surface area contributed by atoms with Crippen LogP contribution in [0.5, 0.6) is 17.2 Å². The van der Waals surface area contributed by atoms with Crippen LogP contribution in [0.1, 0.15) is 37.3 Å². The van der Waals surface area contributed by atoms with Crippen molar-refractivity contribution in [3.8, 4) is 17.2 Å². The number of methoxy groups -OCH3 is 1. The zero-order valence-electron chi connectivity index (χ0n) is 22.6. The number of rotatable bonds is 9. The van der Waals surface area contributed by atoms with E-state index in [4.69, 9.17) is 9.47 Å². The number of nitrogens with zero attached hydrogens (tertiary/aromatic N) is 2. The van der Waals surface area contributed by atoms with Gasteiger partial charge in [-0.25, -0.2) is 0 Å². The summed E-state index contributed by atoms with van der Waals surface area (Å²) < 4.78 is 11.5. The Morgan fingerprint density at radius 1 is 0.921 bits per heavy atom. The fourth-order valence-electron chi connectivity index (χ4n) is 5.82. The molecule has 38 heavy (non-hydrogen) atoms. The van der Waals surface area contributed by atoms with Crippen molar-refractivity contribution in [2.75, 3.05) is 39.8 Å². The summed E-state index contributed by atoms with van der Waals surface area (Å²) in [5.41, 5.74) is 1.91. The molecule has 1 unspecified atom stereocenters. The van der Waals surface area contributed by atoms with Crippen LogP contribution in [-0.2, 0) is 16.8 Å². The molecule has 1 N–H and O–H groups in total. The van der Waals surface area contributed by atoms with Gasteiger partial charge in [0.05, 0.1) is 12.5 Å². The molecule has 6 heteroatoms. The number of likely N-dealkylation sites (N-methyl/N-ethyl adjacent to an activating group) is 1. The van der Waals surface area contributed by atoms with E-state index >= 15 is 0 Å². The number of likely N-dealkylation sites (tertiary alicyclic amines) is 2. The van der Waals surface area contributed by atoms with Gasteiger partial charge in [-0.3, -0.25) is 9.69 Å². The van der Waals surface area contributed by atoms with Crippen molar-refractivity contribution in [2.24, 2.45) is 0 Å². The molecule has 0 spiro atoms. The molecule has 1 amide bonds. The molecule has 0 saturated carbocycles. The van der Waals surface area contributed by atoms with Crippen LogP contribution in [0.3, 0.4) is 0 Å². The molecule has 200 valence electrons. The standard InChI is InChI=1S/C32H39N3O3/c1-3-34-21-18-32(24-34,26-11-5-4-6-12-26)31(36)33-27-16-19-35(20-17-27)23-25-10-9-13-28(22-25)38-30-15-8-7-14-29(30)37-2/h4-15,22,27H,3,16-21,23-24H2,1-2H3,(H,33,36). The molecule has 2 aliphatic heterocycles. The average molecular weight is 514 g/mol. The molecule has 0 radical (unpaired) electrons. The first-order valence-electron chi connectivity index (χ1n) is 13.8. The van der Waals surface area contributed by atoms with Gasteiger partial charge in [0.1, 0.15) is 5.75 Å². The Hall–Kier alpha value is -3.35. The molecule has 3 aromatic carbocycles. The van der Waals surface area contributed by atoms with Crippen molar-refractivity contribution in [3.63, 3.8) is 0 Å². The Balaban J connectivity index is 1.17. The highest BCUT2D eigenvalue weighted by molar-refractivity contribution is 5.89. The topological polar surface area (TPSA) is 54.0 Å². The van der Waals surface area contributed by atoms with Gasteiger partial charge >= 0.3 is 0 Å².